The van der Waals surface area contributed by atoms with Gasteiger partial charge in [0, 0.05) is 22.1 Å². The van der Waals surface area contributed by atoms with Crippen molar-refractivity contribution in [3.8, 4) is 0 Å². The molecule has 1 aliphatic carbocycles. The van der Waals surface area contributed by atoms with Crippen LogP contribution in [0.2, 0.25) is 0 Å². The van der Waals surface area contributed by atoms with Crippen LogP contribution in [0, 0.1) is 23.0 Å². The van der Waals surface area contributed by atoms with Gasteiger partial charge < -0.3 is 10.1 Å². The molecule has 1 unspecified atom stereocenters. The van der Waals surface area contributed by atoms with Crippen molar-refractivity contribution in [2.75, 3.05) is 11.9 Å². The molecule has 1 heterocycles. The number of nitro benzene ring substituents is 1. The summed E-state index contributed by atoms with van der Waals surface area (Å²) in [5, 5.41) is 14.4. The van der Waals surface area contributed by atoms with Crippen LogP contribution in [0.15, 0.2) is 18.2 Å². The van der Waals surface area contributed by atoms with Crippen LogP contribution in [-0.2, 0) is 17.6 Å². The minimum absolute atomic E-state index is 0.112. The highest BCUT2D eigenvalue weighted by Gasteiger charge is 2.30. The lowest BCUT2D eigenvalue weighted by Gasteiger charge is -2.20. The third kappa shape index (κ3) is 4.32. The van der Waals surface area contributed by atoms with E-state index in [9.17, 15) is 19.7 Å². The normalized spacial score (nSPS) is 15.5. The van der Waals surface area contributed by atoms with Gasteiger partial charge in [0.1, 0.15) is 5.00 Å². The maximum atomic E-state index is 12.8. The highest BCUT2D eigenvalue weighted by molar-refractivity contribution is 7.17. The highest BCUT2D eigenvalue weighted by Crippen LogP contribution is 2.41. The number of hydrogen-bond donors (Lipinski definition) is 1. The zero-order chi connectivity index (χ0) is 21.1. The second-order valence-corrected chi connectivity index (χ2v) is 8.26. The molecule has 0 bridgehead atoms. The van der Waals surface area contributed by atoms with Gasteiger partial charge in [-0.2, -0.15) is 0 Å². The van der Waals surface area contributed by atoms with Crippen molar-refractivity contribution in [1.29, 1.82) is 0 Å². The highest BCUT2D eigenvalue weighted by atomic mass is 32.1. The Hall–Kier alpha value is -2.74. The van der Waals surface area contributed by atoms with Gasteiger partial charge in [0.05, 0.1) is 17.1 Å². The van der Waals surface area contributed by atoms with Gasteiger partial charge in [0.25, 0.3) is 11.6 Å². The molecule has 0 radical (unpaired) electrons. The number of esters is 1. The average Bonchev–Trinajstić information content (AvgIpc) is 3.04. The fourth-order valence-electron chi connectivity index (χ4n) is 3.63. The number of thiophene rings is 1. The lowest BCUT2D eigenvalue weighted by Crippen LogP contribution is -2.17. The van der Waals surface area contributed by atoms with E-state index in [1.807, 2.05) is 0 Å². The summed E-state index contributed by atoms with van der Waals surface area (Å²) in [6.07, 6.45) is 3.74. The fourth-order valence-corrected chi connectivity index (χ4v) is 4.98. The maximum Gasteiger partial charge on any atom is 0.341 e. The summed E-state index contributed by atoms with van der Waals surface area (Å²) in [7, 11) is 0. The molecule has 1 atom stereocenters. The summed E-state index contributed by atoms with van der Waals surface area (Å²) < 4.78 is 5.23. The Balaban J connectivity index is 1.95. The second kappa shape index (κ2) is 8.73. The van der Waals surface area contributed by atoms with Gasteiger partial charge >= 0.3 is 5.97 Å². The van der Waals surface area contributed by atoms with Crippen molar-refractivity contribution in [2.24, 2.45) is 5.92 Å². The number of hydrogen-bond acceptors (Lipinski definition) is 6. The number of amides is 1. The lowest BCUT2D eigenvalue weighted by atomic mass is 9.85. The molecular weight excluding hydrogens is 392 g/mol. The number of nitrogens with zero attached hydrogens (tertiary/aromatic N) is 1. The predicted octanol–water partition coefficient (Wildman–Crippen LogP) is 4.91. The summed E-state index contributed by atoms with van der Waals surface area (Å²) in [5.41, 5.74) is 1.94. The third-order valence-corrected chi connectivity index (χ3v) is 6.49. The molecule has 7 nitrogen and oxygen atoms in total. The molecule has 0 fully saturated rings. The van der Waals surface area contributed by atoms with Crippen LogP contribution >= 0.6 is 11.3 Å². The first-order chi connectivity index (χ1) is 13.8. The topological polar surface area (TPSA) is 98.5 Å². The van der Waals surface area contributed by atoms with Crippen LogP contribution in [0.5, 0.6) is 0 Å². The molecule has 1 aliphatic rings. The molecule has 8 heteroatoms. The van der Waals surface area contributed by atoms with E-state index in [4.69, 9.17) is 4.74 Å². The Morgan fingerprint density at radius 2 is 2.10 bits per heavy atom. The van der Waals surface area contributed by atoms with Crippen LogP contribution < -0.4 is 5.32 Å². The van der Waals surface area contributed by atoms with Crippen molar-refractivity contribution in [3.63, 3.8) is 0 Å². The number of ether oxygens (including phenoxy) is 1. The largest absolute Gasteiger partial charge is 0.462 e. The number of carbonyl (C=O) groups excluding carboxylic acids is 2. The number of nitro groups is 1. The molecule has 0 aliphatic heterocycles. The first kappa shape index (κ1) is 21.0. The zero-order valence-electron chi connectivity index (χ0n) is 16.7. The Morgan fingerprint density at radius 3 is 2.76 bits per heavy atom. The number of benzene rings is 1. The summed E-state index contributed by atoms with van der Waals surface area (Å²) in [4.78, 5) is 37.2. The number of rotatable bonds is 6. The first-order valence-electron chi connectivity index (χ1n) is 9.73. The Kier molecular flexibility index (Phi) is 6.32. The molecular formula is C21H24N2O5S. The van der Waals surface area contributed by atoms with Crippen molar-refractivity contribution in [2.45, 2.75) is 46.5 Å². The molecule has 1 aromatic carbocycles. The van der Waals surface area contributed by atoms with Gasteiger partial charge in [-0.1, -0.05) is 19.4 Å². The van der Waals surface area contributed by atoms with Gasteiger partial charge in [-0.3, -0.25) is 14.9 Å². The molecule has 1 aromatic heterocycles. The van der Waals surface area contributed by atoms with E-state index >= 15 is 0 Å². The predicted molar refractivity (Wildman–Crippen MR) is 112 cm³/mol. The Bertz CT molecular complexity index is 966. The van der Waals surface area contributed by atoms with E-state index in [2.05, 4.69) is 12.2 Å². The number of fused-ring (bicyclic) bond motifs is 1. The standard InChI is InChI=1S/C21H24N2O5S/c1-4-13-7-9-15-17(10-13)29-20(18(15)21(25)28-5-2)22-19(24)14-8-6-12(3)16(11-14)23(26)27/h6,8,11,13H,4-5,7,9-10H2,1-3H3,(H,22,24). The smallest absolute Gasteiger partial charge is 0.341 e. The van der Waals surface area contributed by atoms with E-state index in [1.54, 1.807) is 26.0 Å². The molecule has 2 aromatic rings. The summed E-state index contributed by atoms with van der Waals surface area (Å²) >= 11 is 1.41. The SMILES string of the molecule is CCOC(=O)c1c(NC(=O)c2ccc(C)c([N+](=O)[O-])c2)sc2c1CCC(CC)C2. The van der Waals surface area contributed by atoms with Crippen LogP contribution in [0.1, 0.15) is 63.4 Å². The summed E-state index contributed by atoms with van der Waals surface area (Å²) in [5.74, 6) is -0.353. The average molecular weight is 416 g/mol. The van der Waals surface area contributed by atoms with Gasteiger partial charge in [-0.05, 0) is 50.7 Å². The van der Waals surface area contributed by atoms with Gasteiger partial charge in [-0.25, -0.2) is 4.79 Å². The van der Waals surface area contributed by atoms with Crippen molar-refractivity contribution >= 4 is 33.9 Å². The van der Waals surface area contributed by atoms with Gasteiger partial charge in [0.2, 0.25) is 0 Å². The van der Waals surface area contributed by atoms with Gasteiger partial charge in [-0.15, -0.1) is 11.3 Å². The monoisotopic (exact) mass is 416 g/mol. The Morgan fingerprint density at radius 1 is 1.34 bits per heavy atom. The molecule has 0 spiro atoms. The molecule has 0 saturated heterocycles. The van der Waals surface area contributed by atoms with Crippen molar-refractivity contribution in [3.05, 3.63) is 55.4 Å². The molecule has 29 heavy (non-hydrogen) atoms. The number of nitrogens with one attached hydrogen (secondary N) is 1. The molecule has 154 valence electrons. The van der Waals surface area contributed by atoms with E-state index in [0.717, 1.165) is 36.1 Å². The van der Waals surface area contributed by atoms with Crippen LogP contribution in [0.4, 0.5) is 10.7 Å². The zero-order valence-corrected chi connectivity index (χ0v) is 17.6. The van der Waals surface area contributed by atoms with E-state index in [0.29, 0.717) is 22.0 Å². The van der Waals surface area contributed by atoms with Crippen LogP contribution in [0.25, 0.3) is 0 Å². The van der Waals surface area contributed by atoms with Crippen molar-refractivity contribution in [1.82, 2.24) is 0 Å². The van der Waals surface area contributed by atoms with E-state index < -0.39 is 16.8 Å². The minimum Gasteiger partial charge on any atom is -0.462 e. The number of anilines is 1. The van der Waals surface area contributed by atoms with Crippen molar-refractivity contribution < 1.29 is 19.2 Å². The van der Waals surface area contributed by atoms with E-state index in [-0.39, 0.29) is 17.9 Å². The molecule has 1 N–H and O–H groups in total. The molecule has 0 saturated carbocycles. The molecule has 1 amide bonds. The third-order valence-electron chi connectivity index (χ3n) is 5.32. The summed E-state index contributed by atoms with van der Waals surface area (Å²) in [6, 6.07) is 4.35. The fraction of sp³-hybridized carbons (Fsp3) is 0.429. The molecule has 3 rings (SSSR count). The van der Waals surface area contributed by atoms with Crippen LogP contribution in [0.3, 0.4) is 0 Å². The van der Waals surface area contributed by atoms with Crippen LogP contribution in [-0.4, -0.2) is 23.4 Å². The minimum atomic E-state index is -0.509. The van der Waals surface area contributed by atoms with E-state index in [1.165, 1.54) is 17.4 Å². The number of carbonyl (C=O) groups is 2. The lowest BCUT2D eigenvalue weighted by molar-refractivity contribution is -0.385. The Labute approximate surface area is 173 Å². The first-order valence-corrected chi connectivity index (χ1v) is 10.5. The number of aryl methyl sites for hydroxylation is 1. The van der Waals surface area contributed by atoms with Gasteiger partial charge in [0.15, 0.2) is 0 Å². The second-order valence-electron chi connectivity index (χ2n) is 7.16. The quantitative estimate of drug-likeness (QED) is 0.410. The maximum absolute atomic E-state index is 12.8. The summed E-state index contributed by atoms with van der Waals surface area (Å²) in [6.45, 7) is 5.77.